The smallest absolute Gasteiger partial charge is 0.269 e. The van der Waals surface area contributed by atoms with Crippen LogP contribution in [-0.2, 0) is 14.8 Å². The van der Waals surface area contributed by atoms with Gasteiger partial charge >= 0.3 is 0 Å². The van der Waals surface area contributed by atoms with Gasteiger partial charge in [-0.1, -0.05) is 24.1 Å². The average Bonchev–Trinajstić information content (AvgIpc) is 3.19. The van der Waals surface area contributed by atoms with Crippen LogP contribution >= 0.6 is 0 Å². The molecular weight excluding hydrogens is 504 g/mol. The minimum absolute atomic E-state index is 0.000626. The second-order valence-electron chi connectivity index (χ2n) is 9.09. The van der Waals surface area contributed by atoms with Crippen LogP contribution in [0.25, 0.3) is 22.4 Å². The Balaban J connectivity index is 1.60. The minimum atomic E-state index is -4.13. The van der Waals surface area contributed by atoms with E-state index in [2.05, 4.69) is 20.3 Å². The Morgan fingerprint density at radius 3 is 2.57 bits per heavy atom. The maximum absolute atomic E-state index is 14.7. The Morgan fingerprint density at radius 1 is 1.19 bits per heavy atom. The van der Waals surface area contributed by atoms with Crippen LogP contribution in [0.5, 0.6) is 0 Å². The van der Waals surface area contributed by atoms with Crippen LogP contribution in [0.2, 0.25) is 0 Å². The summed E-state index contributed by atoms with van der Waals surface area (Å²) in [5.74, 6) is -3.10. The normalized spacial score (nSPS) is 14.9. The SMILES string of the molecule is Cc1ccc(S(=O)(=O)n2cc(-c3ncc(F)c(NC(CC(=O)[O-])C4CCC4)n3)c3cc(F)cnc32)cc1. The van der Waals surface area contributed by atoms with Crippen molar-refractivity contribution < 1.29 is 27.1 Å². The number of hydrogen-bond donors (Lipinski definition) is 1. The molecule has 9 nitrogen and oxygen atoms in total. The number of carbonyl (C=O) groups is 1. The van der Waals surface area contributed by atoms with E-state index in [0.717, 1.165) is 47.3 Å². The number of rotatable bonds is 8. The highest BCUT2D eigenvalue weighted by Crippen LogP contribution is 2.34. The summed E-state index contributed by atoms with van der Waals surface area (Å²) in [5.41, 5.74) is 0.931. The zero-order chi connectivity index (χ0) is 26.3. The summed E-state index contributed by atoms with van der Waals surface area (Å²) in [4.78, 5) is 23.5. The number of fused-ring (bicyclic) bond motifs is 1. The standard InChI is InChI=1S/C25H23F2N5O4S/c1-14-5-7-17(8-6-14)37(35,36)32-13-19(18-9-16(26)11-29-25(18)32)23-28-12-20(27)24(31-23)30-21(10-22(33)34)15-3-2-4-15/h5-9,11-13,15,21H,2-4,10H2,1H3,(H,33,34)(H,28,30,31)/p-1. The Kier molecular flexibility index (Phi) is 6.36. The summed E-state index contributed by atoms with van der Waals surface area (Å²) in [7, 11) is -4.13. The van der Waals surface area contributed by atoms with E-state index >= 15 is 0 Å². The van der Waals surface area contributed by atoms with E-state index < -0.39 is 33.7 Å². The predicted octanol–water partition coefficient (Wildman–Crippen LogP) is 3.04. The molecule has 12 heteroatoms. The van der Waals surface area contributed by atoms with Gasteiger partial charge in [0.15, 0.2) is 23.1 Å². The number of carbonyl (C=O) groups excluding carboxylic acids is 1. The molecule has 5 rings (SSSR count). The molecule has 192 valence electrons. The summed E-state index contributed by atoms with van der Waals surface area (Å²) < 4.78 is 56.6. The van der Waals surface area contributed by atoms with E-state index in [-0.39, 0.29) is 45.5 Å². The topological polar surface area (TPSA) is 130 Å². The second-order valence-corrected chi connectivity index (χ2v) is 10.9. The fraction of sp³-hybridized carbons (Fsp3) is 0.280. The van der Waals surface area contributed by atoms with Gasteiger partial charge < -0.3 is 15.2 Å². The van der Waals surface area contributed by atoms with Gasteiger partial charge in [-0.25, -0.2) is 36.1 Å². The molecule has 0 saturated heterocycles. The van der Waals surface area contributed by atoms with Gasteiger partial charge in [-0.3, -0.25) is 0 Å². The molecule has 0 amide bonds. The predicted molar refractivity (Wildman–Crippen MR) is 129 cm³/mol. The van der Waals surface area contributed by atoms with Gasteiger partial charge in [0.2, 0.25) is 0 Å². The number of aryl methyl sites for hydroxylation is 1. The van der Waals surface area contributed by atoms with Crippen LogP contribution in [0.15, 0.2) is 53.8 Å². The molecule has 0 bridgehead atoms. The van der Waals surface area contributed by atoms with E-state index in [1.54, 1.807) is 12.1 Å². The summed E-state index contributed by atoms with van der Waals surface area (Å²) >= 11 is 0. The molecule has 0 aliphatic heterocycles. The number of aliphatic carboxylic acids is 1. The highest BCUT2D eigenvalue weighted by atomic mass is 32.2. The van der Waals surface area contributed by atoms with Crippen LogP contribution in [-0.4, -0.2) is 39.4 Å². The number of nitrogens with zero attached hydrogens (tertiary/aromatic N) is 4. The molecule has 3 heterocycles. The summed E-state index contributed by atoms with van der Waals surface area (Å²) in [6.07, 6.45) is 5.21. The Bertz CT molecular complexity index is 1600. The third-order valence-corrected chi connectivity index (χ3v) is 8.23. The molecule has 3 aromatic heterocycles. The first kappa shape index (κ1) is 24.8. The van der Waals surface area contributed by atoms with Crippen molar-refractivity contribution in [2.75, 3.05) is 5.32 Å². The van der Waals surface area contributed by atoms with E-state index in [1.807, 2.05) is 6.92 Å². The number of anilines is 1. The zero-order valence-corrected chi connectivity index (χ0v) is 20.5. The first-order valence-electron chi connectivity index (χ1n) is 11.6. The van der Waals surface area contributed by atoms with E-state index in [1.165, 1.54) is 18.3 Å². The van der Waals surface area contributed by atoms with E-state index in [0.29, 0.717) is 0 Å². The molecule has 0 radical (unpaired) electrons. The summed E-state index contributed by atoms with van der Waals surface area (Å²) in [6.45, 7) is 1.82. The summed E-state index contributed by atoms with van der Waals surface area (Å²) in [6, 6.07) is 6.71. The maximum Gasteiger partial charge on any atom is 0.269 e. The van der Waals surface area contributed by atoms with Crippen molar-refractivity contribution in [1.29, 1.82) is 0 Å². The lowest BCUT2D eigenvalue weighted by Gasteiger charge is -2.35. The number of halogens is 2. The van der Waals surface area contributed by atoms with Crippen molar-refractivity contribution >= 4 is 32.8 Å². The Labute approximate surface area is 211 Å². The monoisotopic (exact) mass is 526 g/mol. The third kappa shape index (κ3) is 4.76. The molecule has 1 saturated carbocycles. The van der Waals surface area contributed by atoms with Crippen molar-refractivity contribution in [2.45, 2.75) is 43.5 Å². The van der Waals surface area contributed by atoms with Crippen LogP contribution in [0.4, 0.5) is 14.6 Å². The number of carboxylic acids is 1. The molecule has 4 aromatic rings. The van der Waals surface area contributed by atoms with Crippen molar-refractivity contribution in [3.63, 3.8) is 0 Å². The fourth-order valence-electron chi connectivity index (χ4n) is 4.37. The van der Waals surface area contributed by atoms with Gasteiger partial charge in [-0.15, -0.1) is 0 Å². The molecule has 1 aromatic carbocycles. The lowest BCUT2D eigenvalue weighted by Crippen LogP contribution is -2.39. The first-order valence-corrected chi connectivity index (χ1v) is 13.1. The molecule has 1 unspecified atom stereocenters. The van der Waals surface area contributed by atoms with Gasteiger partial charge in [-0.2, -0.15) is 0 Å². The molecule has 1 fully saturated rings. The Hall–Kier alpha value is -3.93. The third-order valence-electron chi connectivity index (χ3n) is 6.57. The number of nitrogens with one attached hydrogen (secondary N) is 1. The minimum Gasteiger partial charge on any atom is -0.550 e. The van der Waals surface area contributed by atoms with Crippen molar-refractivity contribution in [3.8, 4) is 11.4 Å². The van der Waals surface area contributed by atoms with E-state index in [4.69, 9.17) is 0 Å². The first-order chi connectivity index (χ1) is 17.6. The highest BCUT2D eigenvalue weighted by Gasteiger charge is 2.29. The Morgan fingerprint density at radius 2 is 1.92 bits per heavy atom. The van der Waals surface area contributed by atoms with Crippen LogP contribution in [0.1, 0.15) is 31.2 Å². The lowest BCUT2D eigenvalue weighted by molar-refractivity contribution is -0.306. The van der Waals surface area contributed by atoms with Gasteiger partial charge in [0.1, 0.15) is 5.82 Å². The van der Waals surface area contributed by atoms with Crippen molar-refractivity contribution in [1.82, 2.24) is 18.9 Å². The lowest BCUT2D eigenvalue weighted by atomic mass is 9.78. The zero-order valence-electron chi connectivity index (χ0n) is 19.7. The molecule has 1 aliphatic carbocycles. The maximum atomic E-state index is 14.7. The van der Waals surface area contributed by atoms with E-state index in [9.17, 15) is 27.1 Å². The second kappa shape index (κ2) is 9.51. The van der Waals surface area contributed by atoms with Gasteiger partial charge in [0, 0.05) is 35.6 Å². The fourth-order valence-corrected chi connectivity index (χ4v) is 5.69. The average molecular weight is 527 g/mol. The van der Waals surface area contributed by atoms with Crippen molar-refractivity contribution in [3.05, 3.63) is 66.1 Å². The largest absolute Gasteiger partial charge is 0.550 e. The van der Waals surface area contributed by atoms with Gasteiger partial charge in [0.25, 0.3) is 10.0 Å². The molecule has 0 spiro atoms. The number of aromatic nitrogens is 4. The quantitative estimate of drug-likeness (QED) is 0.371. The molecule has 1 aliphatic rings. The number of hydrogen-bond acceptors (Lipinski definition) is 8. The molecule has 1 atom stereocenters. The summed E-state index contributed by atoms with van der Waals surface area (Å²) in [5, 5.41) is 14.2. The number of benzene rings is 1. The van der Waals surface area contributed by atoms with Crippen molar-refractivity contribution in [2.24, 2.45) is 5.92 Å². The van der Waals surface area contributed by atoms with Crippen LogP contribution in [0.3, 0.4) is 0 Å². The highest BCUT2D eigenvalue weighted by molar-refractivity contribution is 7.90. The molecular formula is C25H22F2N5O4S-. The van der Waals surface area contributed by atoms with Crippen LogP contribution in [0, 0.1) is 24.5 Å². The van der Waals surface area contributed by atoms with Gasteiger partial charge in [-0.05, 0) is 43.9 Å². The number of pyridine rings is 1. The number of carboxylic acid groups (broad SMARTS) is 1. The molecule has 1 N–H and O–H groups in total. The van der Waals surface area contributed by atoms with Gasteiger partial charge in [0.05, 0.1) is 17.3 Å². The molecule has 37 heavy (non-hydrogen) atoms. The van der Waals surface area contributed by atoms with Crippen LogP contribution < -0.4 is 10.4 Å².